The molecule has 0 aliphatic heterocycles. The van der Waals surface area contributed by atoms with Crippen LogP contribution in [0, 0.1) is 0 Å². The molecular weight excluding hydrogens is 310 g/mol. The second kappa shape index (κ2) is 15.4. The summed E-state index contributed by atoms with van der Waals surface area (Å²) in [6.45, 7) is 13.0. The lowest BCUT2D eigenvalue weighted by Gasteiger charge is -2.33. The van der Waals surface area contributed by atoms with Crippen molar-refractivity contribution >= 4 is 10.1 Å². The molecule has 23 heavy (non-hydrogen) atoms. The van der Waals surface area contributed by atoms with E-state index in [9.17, 15) is 13.0 Å². The third-order valence-electron chi connectivity index (χ3n) is 4.04. The van der Waals surface area contributed by atoms with Gasteiger partial charge in [0, 0.05) is 5.75 Å². The van der Waals surface area contributed by atoms with Gasteiger partial charge >= 0.3 is 0 Å². The lowest BCUT2D eigenvalue weighted by atomic mass is 10.1. The average Bonchev–Trinajstić information content (AvgIpc) is 2.43. The fraction of sp³-hybridized carbons (Fsp3) is 1.00. The zero-order valence-electron chi connectivity index (χ0n) is 16.3. The van der Waals surface area contributed by atoms with Gasteiger partial charge in [-0.2, -0.15) is 0 Å². The van der Waals surface area contributed by atoms with Gasteiger partial charge in [-0.25, -0.2) is 8.42 Å². The number of hydrogen-bond donors (Lipinski definition) is 0. The SMILES string of the molecule is CCCCCCCCS(=O)(=O)[O-].CCC[N+](C)(CCC)CCC. The molecule has 0 bridgehead atoms. The molecule has 4 nitrogen and oxygen atoms in total. The summed E-state index contributed by atoms with van der Waals surface area (Å²) in [5, 5.41) is 0. The Labute approximate surface area is 146 Å². The number of unbranched alkanes of at least 4 members (excludes halogenated alkanes) is 5. The fourth-order valence-electron chi connectivity index (χ4n) is 3.01. The van der Waals surface area contributed by atoms with Gasteiger partial charge in [-0.15, -0.1) is 0 Å². The smallest absolute Gasteiger partial charge is 0.0945 e. The molecule has 0 amide bonds. The van der Waals surface area contributed by atoms with Crippen LogP contribution in [0.4, 0.5) is 0 Å². The number of quaternary nitrogens is 1. The van der Waals surface area contributed by atoms with Gasteiger partial charge in [0.1, 0.15) is 0 Å². The van der Waals surface area contributed by atoms with Crippen molar-refractivity contribution in [2.45, 2.75) is 85.5 Å². The highest BCUT2D eigenvalue weighted by Gasteiger charge is 2.16. The van der Waals surface area contributed by atoms with Gasteiger partial charge < -0.3 is 9.04 Å². The van der Waals surface area contributed by atoms with Crippen molar-refractivity contribution in [1.82, 2.24) is 0 Å². The minimum absolute atomic E-state index is 0.195. The van der Waals surface area contributed by atoms with Crippen LogP contribution in [-0.4, -0.2) is 49.9 Å². The van der Waals surface area contributed by atoms with Crippen molar-refractivity contribution in [2.75, 3.05) is 32.4 Å². The van der Waals surface area contributed by atoms with Crippen LogP contribution in [-0.2, 0) is 10.1 Å². The molecule has 0 radical (unpaired) electrons. The molecule has 0 heterocycles. The predicted octanol–water partition coefficient (Wildman–Crippen LogP) is 4.56. The van der Waals surface area contributed by atoms with E-state index < -0.39 is 10.1 Å². The molecule has 0 fully saturated rings. The van der Waals surface area contributed by atoms with Crippen LogP contribution >= 0.6 is 0 Å². The summed E-state index contributed by atoms with van der Waals surface area (Å²) in [7, 11) is -1.58. The summed E-state index contributed by atoms with van der Waals surface area (Å²) < 4.78 is 31.8. The normalized spacial score (nSPS) is 11.9. The average molecular weight is 352 g/mol. The molecule has 0 aromatic rings. The Morgan fingerprint density at radius 3 is 1.43 bits per heavy atom. The molecule has 5 heteroatoms. The van der Waals surface area contributed by atoms with Gasteiger partial charge in [0.25, 0.3) is 0 Å². The van der Waals surface area contributed by atoms with Crippen LogP contribution in [0.1, 0.15) is 85.5 Å². The zero-order chi connectivity index (χ0) is 18.2. The molecular formula is C18H41NO3S. The summed E-state index contributed by atoms with van der Waals surface area (Å²) in [5.74, 6) is -0.195. The molecule has 0 rings (SSSR count). The van der Waals surface area contributed by atoms with Gasteiger partial charge in [0.15, 0.2) is 0 Å². The summed E-state index contributed by atoms with van der Waals surface area (Å²) in [4.78, 5) is 0. The molecule has 0 atom stereocenters. The van der Waals surface area contributed by atoms with Crippen LogP contribution in [0.2, 0.25) is 0 Å². The largest absolute Gasteiger partial charge is 0.748 e. The standard InChI is InChI=1S/C10H24N.C8H18O3S/c1-5-8-11(4,9-6-2)10-7-3;1-2-3-4-5-6-7-8-12(9,10)11/h5-10H2,1-4H3;2-8H2,1H3,(H,9,10,11)/q+1;/p-1. The van der Waals surface area contributed by atoms with E-state index in [1.807, 2.05) is 0 Å². The van der Waals surface area contributed by atoms with Crippen LogP contribution in [0.25, 0.3) is 0 Å². The molecule has 0 aromatic carbocycles. The number of hydrogen-bond acceptors (Lipinski definition) is 3. The highest BCUT2D eigenvalue weighted by molar-refractivity contribution is 7.85. The molecule has 0 saturated heterocycles. The Hall–Kier alpha value is -0.130. The summed E-state index contributed by atoms with van der Waals surface area (Å²) in [6, 6.07) is 0. The van der Waals surface area contributed by atoms with E-state index in [-0.39, 0.29) is 5.75 Å². The number of rotatable bonds is 13. The second-order valence-electron chi connectivity index (χ2n) is 6.82. The molecule has 0 saturated carbocycles. The molecule has 0 aliphatic carbocycles. The monoisotopic (exact) mass is 351 g/mol. The van der Waals surface area contributed by atoms with E-state index in [2.05, 4.69) is 34.7 Å². The van der Waals surface area contributed by atoms with Gasteiger partial charge in [-0.05, 0) is 25.7 Å². The van der Waals surface area contributed by atoms with Crippen LogP contribution < -0.4 is 0 Å². The molecule has 0 spiro atoms. The summed E-state index contributed by atoms with van der Waals surface area (Å²) in [6.07, 6.45) is 9.91. The predicted molar refractivity (Wildman–Crippen MR) is 99.6 cm³/mol. The molecule has 0 aliphatic rings. The van der Waals surface area contributed by atoms with Crippen LogP contribution in [0.15, 0.2) is 0 Å². The Morgan fingerprint density at radius 2 is 1.09 bits per heavy atom. The van der Waals surface area contributed by atoms with E-state index in [0.717, 1.165) is 19.3 Å². The van der Waals surface area contributed by atoms with Gasteiger partial charge in [0.2, 0.25) is 0 Å². The maximum Gasteiger partial charge on any atom is 0.0945 e. The first-order valence-electron chi connectivity index (χ1n) is 9.51. The van der Waals surface area contributed by atoms with E-state index in [0.29, 0.717) is 6.42 Å². The van der Waals surface area contributed by atoms with Crippen molar-refractivity contribution in [2.24, 2.45) is 0 Å². The minimum Gasteiger partial charge on any atom is -0.748 e. The third kappa shape index (κ3) is 19.8. The highest BCUT2D eigenvalue weighted by atomic mass is 32.2. The molecule has 0 unspecified atom stereocenters. The number of nitrogens with zero attached hydrogens (tertiary/aromatic N) is 1. The summed E-state index contributed by atoms with van der Waals surface area (Å²) in [5.41, 5.74) is 0. The van der Waals surface area contributed by atoms with Crippen LogP contribution in [0.5, 0.6) is 0 Å². The first-order chi connectivity index (χ1) is 10.7. The Kier molecular flexibility index (Phi) is 16.8. The van der Waals surface area contributed by atoms with Crippen LogP contribution in [0.3, 0.4) is 0 Å². The Balaban J connectivity index is 0. The summed E-state index contributed by atoms with van der Waals surface area (Å²) >= 11 is 0. The first-order valence-corrected chi connectivity index (χ1v) is 11.1. The van der Waals surface area contributed by atoms with E-state index in [4.69, 9.17) is 0 Å². The van der Waals surface area contributed by atoms with E-state index >= 15 is 0 Å². The zero-order valence-corrected chi connectivity index (χ0v) is 17.1. The van der Waals surface area contributed by atoms with E-state index in [1.165, 1.54) is 56.2 Å². The maximum atomic E-state index is 10.2. The van der Waals surface area contributed by atoms with Gasteiger partial charge in [0.05, 0.1) is 36.8 Å². The minimum atomic E-state index is -3.97. The van der Waals surface area contributed by atoms with Gasteiger partial charge in [-0.3, -0.25) is 0 Å². The lowest BCUT2D eigenvalue weighted by Crippen LogP contribution is -2.45. The Morgan fingerprint density at radius 1 is 0.696 bits per heavy atom. The second-order valence-corrected chi connectivity index (χ2v) is 8.34. The van der Waals surface area contributed by atoms with Gasteiger partial charge in [-0.1, -0.05) is 59.8 Å². The quantitative estimate of drug-likeness (QED) is 0.278. The van der Waals surface area contributed by atoms with Crippen molar-refractivity contribution in [3.8, 4) is 0 Å². The van der Waals surface area contributed by atoms with Crippen molar-refractivity contribution in [3.05, 3.63) is 0 Å². The lowest BCUT2D eigenvalue weighted by molar-refractivity contribution is -0.909. The first kappa shape index (κ1) is 25.1. The maximum absolute atomic E-state index is 10.2. The Bertz CT molecular complexity index is 325. The fourth-order valence-corrected chi connectivity index (χ4v) is 3.57. The molecule has 142 valence electrons. The van der Waals surface area contributed by atoms with Crippen molar-refractivity contribution in [1.29, 1.82) is 0 Å². The molecule has 0 aromatic heterocycles. The van der Waals surface area contributed by atoms with Crippen molar-refractivity contribution < 1.29 is 17.5 Å². The third-order valence-corrected chi connectivity index (χ3v) is 4.83. The molecule has 0 N–H and O–H groups in total. The van der Waals surface area contributed by atoms with E-state index in [1.54, 1.807) is 0 Å². The van der Waals surface area contributed by atoms with Crippen molar-refractivity contribution in [3.63, 3.8) is 0 Å². The highest BCUT2D eigenvalue weighted by Crippen LogP contribution is 2.07. The topological polar surface area (TPSA) is 57.2 Å².